The number of aromatic nitrogens is 3. The van der Waals surface area contributed by atoms with Crippen molar-refractivity contribution in [2.24, 2.45) is 0 Å². The van der Waals surface area contributed by atoms with Crippen molar-refractivity contribution in [2.75, 3.05) is 39.0 Å². The molecule has 3 heterocycles. The van der Waals surface area contributed by atoms with E-state index < -0.39 is 0 Å². The molecule has 1 fully saturated rings. The quantitative estimate of drug-likeness (QED) is 0.491. The van der Waals surface area contributed by atoms with Crippen molar-refractivity contribution >= 4 is 40.4 Å². The molecule has 9 heteroatoms. The number of likely N-dealkylation sites (N-methyl/N-ethyl adjacent to an activating group) is 1. The minimum absolute atomic E-state index is 0.00686. The lowest BCUT2D eigenvalue weighted by Gasteiger charge is -2.26. The van der Waals surface area contributed by atoms with Crippen LogP contribution in [0.2, 0.25) is 5.02 Å². The highest BCUT2D eigenvalue weighted by atomic mass is 35.5. The smallest absolute Gasteiger partial charge is 0.258 e. The van der Waals surface area contributed by atoms with Gasteiger partial charge in [0.05, 0.1) is 22.1 Å². The van der Waals surface area contributed by atoms with Gasteiger partial charge in [-0.25, -0.2) is 4.98 Å². The number of nitrogens with zero attached hydrogens (tertiary/aromatic N) is 5. The zero-order valence-electron chi connectivity index (χ0n) is 21.3. The van der Waals surface area contributed by atoms with Gasteiger partial charge in [0.25, 0.3) is 5.91 Å². The van der Waals surface area contributed by atoms with Crippen LogP contribution in [-0.2, 0) is 4.79 Å². The first-order valence-corrected chi connectivity index (χ1v) is 12.6. The molecule has 36 heavy (non-hydrogen) atoms. The number of rotatable bonds is 6. The molecule has 1 atom stereocenters. The monoisotopic (exact) mass is 508 g/mol. The Morgan fingerprint density at radius 2 is 1.92 bits per heavy atom. The van der Waals surface area contributed by atoms with Gasteiger partial charge < -0.3 is 14.4 Å². The first kappa shape index (κ1) is 25.9. The van der Waals surface area contributed by atoms with Crippen LogP contribution in [0.5, 0.6) is 0 Å². The zero-order chi connectivity index (χ0) is 25.8. The number of halogens is 1. The van der Waals surface area contributed by atoms with Gasteiger partial charge in [-0.3, -0.25) is 19.9 Å². The summed E-state index contributed by atoms with van der Waals surface area (Å²) in [7, 11) is 3.93. The Kier molecular flexibility index (Phi) is 8.06. The maximum absolute atomic E-state index is 13.2. The van der Waals surface area contributed by atoms with E-state index in [2.05, 4.69) is 10.3 Å². The summed E-state index contributed by atoms with van der Waals surface area (Å²) in [5.41, 5.74) is 3.54. The SMILES string of the molecule is Cc1cc(C(=O)Nc2nc3cccc(Cl)c3n2[C@H]2CCCCN(C(=O)C=CCN(C)C)C2)cc(C)n1. The van der Waals surface area contributed by atoms with E-state index in [-0.39, 0.29) is 17.9 Å². The molecule has 0 radical (unpaired) electrons. The highest BCUT2D eigenvalue weighted by Gasteiger charge is 2.27. The van der Waals surface area contributed by atoms with Crippen LogP contribution in [0.15, 0.2) is 42.5 Å². The van der Waals surface area contributed by atoms with Crippen molar-refractivity contribution in [1.82, 2.24) is 24.3 Å². The Hall–Kier alpha value is -3.23. The molecule has 3 aromatic rings. The molecule has 2 amide bonds. The standard InChI is InChI=1S/C27H33ClN6O2/c1-18-15-20(16-19(2)29-18)26(36)31-27-30-23-11-7-10-22(28)25(23)34(27)21-9-5-6-14-33(17-21)24(35)12-8-13-32(3)4/h7-8,10-12,15-16,21H,5-6,9,13-14,17H2,1-4H3,(H,30,31,36)/t21-/m0/s1. The third kappa shape index (κ3) is 5.94. The fourth-order valence-electron chi connectivity index (χ4n) is 4.69. The van der Waals surface area contributed by atoms with E-state index in [1.165, 1.54) is 0 Å². The van der Waals surface area contributed by atoms with Gasteiger partial charge in [0.1, 0.15) is 0 Å². The molecule has 1 aromatic carbocycles. The topological polar surface area (TPSA) is 83.4 Å². The summed E-state index contributed by atoms with van der Waals surface area (Å²) in [5, 5.41) is 3.57. The van der Waals surface area contributed by atoms with E-state index in [0.717, 1.165) is 36.2 Å². The highest BCUT2D eigenvalue weighted by Crippen LogP contribution is 2.34. The maximum atomic E-state index is 13.2. The number of para-hydroxylation sites is 1. The van der Waals surface area contributed by atoms with Gasteiger partial charge in [0, 0.05) is 42.7 Å². The van der Waals surface area contributed by atoms with E-state index in [1.807, 2.05) is 66.6 Å². The van der Waals surface area contributed by atoms with Gasteiger partial charge in [-0.2, -0.15) is 0 Å². The van der Waals surface area contributed by atoms with Crippen molar-refractivity contribution < 1.29 is 9.59 Å². The first-order chi connectivity index (χ1) is 17.2. The minimum atomic E-state index is -0.260. The van der Waals surface area contributed by atoms with Crippen LogP contribution < -0.4 is 5.32 Å². The van der Waals surface area contributed by atoms with Crippen LogP contribution >= 0.6 is 11.6 Å². The van der Waals surface area contributed by atoms with Gasteiger partial charge in [0.15, 0.2) is 0 Å². The molecule has 0 unspecified atom stereocenters. The molecule has 1 saturated heterocycles. The Morgan fingerprint density at radius 1 is 1.17 bits per heavy atom. The lowest BCUT2D eigenvalue weighted by atomic mass is 10.1. The van der Waals surface area contributed by atoms with Crippen molar-refractivity contribution in [1.29, 1.82) is 0 Å². The molecule has 0 bridgehead atoms. The maximum Gasteiger partial charge on any atom is 0.258 e. The van der Waals surface area contributed by atoms with Crippen LogP contribution in [0.3, 0.4) is 0 Å². The lowest BCUT2D eigenvalue weighted by molar-refractivity contribution is -0.126. The zero-order valence-corrected chi connectivity index (χ0v) is 22.0. The highest BCUT2D eigenvalue weighted by molar-refractivity contribution is 6.35. The number of amides is 2. The largest absolute Gasteiger partial charge is 0.337 e. The summed E-state index contributed by atoms with van der Waals surface area (Å²) < 4.78 is 2.01. The average molecular weight is 509 g/mol. The van der Waals surface area contributed by atoms with Crippen LogP contribution in [0.25, 0.3) is 11.0 Å². The molecule has 2 aromatic heterocycles. The van der Waals surface area contributed by atoms with E-state index in [9.17, 15) is 9.59 Å². The molecule has 0 saturated carbocycles. The molecule has 0 aliphatic carbocycles. The van der Waals surface area contributed by atoms with Gasteiger partial charge >= 0.3 is 0 Å². The Bertz CT molecular complexity index is 1280. The van der Waals surface area contributed by atoms with Crippen LogP contribution in [0, 0.1) is 13.8 Å². The van der Waals surface area contributed by atoms with E-state index in [1.54, 1.807) is 18.2 Å². The van der Waals surface area contributed by atoms with Crippen molar-refractivity contribution in [2.45, 2.75) is 39.2 Å². The number of pyridine rings is 1. The summed E-state index contributed by atoms with van der Waals surface area (Å²) in [5.74, 6) is 0.162. The Morgan fingerprint density at radius 3 is 2.64 bits per heavy atom. The fourth-order valence-corrected chi connectivity index (χ4v) is 4.95. The van der Waals surface area contributed by atoms with Crippen LogP contribution in [0.1, 0.15) is 47.1 Å². The van der Waals surface area contributed by atoms with E-state index in [0.29, 0.717) is 41.7 Å². The van der Waals surface area contributed by atoms with Gasteiger partial charge in [-0.15, -0.1) is 0 Å². The third-order valence-corrected chi connectivity index (χ3v) is 6.59. The summed E-state index contributed by atoms with van der Waals surface area (Å²) in [6.07, 6.45) is 6.25. The summed E-state index contributed by atoms with van der Waals surface area (Å²) in [6, 6.07) is 8.99. The Balaban J connectivity index is 1.68. The van der Waals surface area contributed by atoms with Crippen LogP contribution in [-0.4, -0.2) is 69.9 Å². The average Bonchev–Trinajstić information content (AvgIpc) is 3.00. The van der Waals surface area contributed by atoms with E-state index in [4.69, 9.17) is 16.6 Å². The number of hydrogen-bond acceptors (Lipinski definition) is 5. The molecule has 4 rings (SSSR count). The van der Waals surface area contributed by atoms with Crippen molar-refractivity contribution in [3.63, 3.8) is 0 Å². The van der Waals surface area contributed by atoms with Crippen molar-refractivity contribution in [3.05, 3.63) is 64.5 Å². The number of imidazole rings is 1. The fraction of sp³-hybridized carbons (Fsp3) is 0.407. The molecular formula is C27H33ClN6O2. The molecule has 1 aliphatic rings. The number of fused-ring (bicyclic) bond motifs is 1. The number of benzene rings is 1. The Labute approximate surface area is 217 Å². The van der Waals surface area contributed by atoms with E-state index >= 15 is 0 Å². The minimum Gasteiger partial charge on any atom is -0.337 e. The van der Waals surface area contributed by atoms with Gasteiger partial charge in [0.2, 0.25) is 11.9 Å². The predicted molar refractivity (Wildman–Crippen MR) is 144 cm³/mol. The third-order valence-electron chi connectivity index (χ3n) is 6.28. The lowest BCUT2D eigenvalue weighted by Crippen LogP contribution is -2.34. The molecule has 8 nitrogen and oxygen atoms in total. The number of likely N-dealkylation sites (tertiary alicyclic amines) is 1. The van der Waals surface area contributed by atoms with Gasteiger partial charge in [-0.05, 0) is 71.5 Å². The summed E-state index contributed by atoms with van der Waals surface area (Å²) >= 11 is 6.65. The van der Waals surface area contributed by atoms with Crippen molar-refractivity contribution in [3.8, 4) is 0 Å². The van der Waals surface area contributed by atoms with Gasteiger partial charge in [-0.1, -0.05) is 23.7 Å². The molecule has 1 N–H and O–H groups in total. The predicted octanol–water partition coefficient (Wildman–Crippen LogP) is 4.63. The number of carbonyl (C=O) groups excluding carboxylic acids is 2. The molecule has 190 valence electrons. The number of hydrogen-bond donors (Lipinski definition) is 1. The first-order valence-electron chi connectivity index (χ1n) is 12.3. The normalized spacial score (nSPS) is 16.6. The second-order valence-corrected chi connectivity index (χ2v) is 10.0. The summed E-state index contributed by atoms with van der Waals surface area (Å²) in [6.45, 7) is 5.64. The summed E-state index contributed by atoms with van der Waals surface area (Å²) in [4.78, 5) is 39.2. The number of aryl methyl sites for hydroxylation is 2. The molecular weight excluding hydrogens is 476 g/mol. The molecule has 1 aliphatic heterocycles. The van der Waals surface area contributed by atoms with Crippen LogP contribution in [0.4, 0.5) is 5.95 Å². The second-order valence-electron chi connectivity index (χ2n) is 9.60. The number of anilines is 1. The number of nitrogens with one attached hydrogen (secondary N) is 1. The second kappa shape index (κ2) is 11.2. The number of carbonyl (C=O) groups is 2. The molecule has 0 spiro atoms.